The molecule has 1 heteroatoms. The number of hydrogen-bond donors (Lipinski definition) is 0. The van der Waals surface area contributed by atoms with E-state index in [1.165, 1.54) is 65.4 Å². The van der Waals surface area contributed by atoms with Crippen LogP contribution in [-0.2, 0) is 0 Å². The molecule has 0 aromatic heterocycles. The van der Waals surface area contributed by atoms with Crippen LogP contribution < -0.4 is 15.3 Å². The number of nitrogens with zero attached hydrogens (tertiary/aromatic N) is 1. The molecule has 9 aromatic carbocycles. The average Bonchev–Trinajstić information content (AvgIpc) is 3.31. The molecular weight excluding hydrogens is 699 g/mol. The Kier molecular flexibility index (Phi) is 10.4. The molecule has 0 saturated heterocycles. The molecule has 0 aliphatic heterocycles. The van der Waals surface area contributed by atoms with Crippen molar-refractivity contribution in [3.05, 3.63) is 257 Å². The van der Waals surface area contributed by atoms with Crippen LogP contribution in [0.4, 0.5) is 17.1 Å². The van der Waals surface area contributed by atoms with E-state index in [9.17, 15) is 0 Å². The van der Waals surface area contributed by atoms with Gasteiger partial charge in [-0.2, -0.15) is 0 Å². The van der Waals surface area contributed by atoms with E-state index in [1.54, 1.807) is 0 Å². The normalized spacial score (nSPS) is 12.4. The van der Waals surface area contributed by atoms with Gasteiger partial charge in [0.25, 0.3) is 0 Å². The maximum Gasteiger partial charge on any atom is 0.0467 e. The molecule has 58 heavy (non-hydrogen) atoms. The van der Waals surface area contributed by atoms with E-state index in [0.717, 1.165) is 22.6 Å². The van der Waals surface area contributed by atoms with Crippen molar-refractivity contribution >= 4 is 29.2 Å². The van der Waals surface area contributed by atoms with Gasteiger partial charge in [0, 0.05) is 17.1 Å². The first-order valence-corrected chi connectivity index (χ1v) is 19.9. The maximum atomic E-state index is 2.36. The van der Waals surface area contributed by atoms with E-state index in [1.807, 2.05) is 0 Å². The van der Waals surface area contributed by atoms with E-state index >= 15 is 0 Å². The van der Waals surface area contributed by atoms with Crippen LogP contribution in [0.2, 0.25) is 0 Å². The Morgan fingerprint density at radius 3 is 1.21 bits per heavy atom. The molecule has 276 valence electrons. The molecule has 9 rings (SSSR count). The van der Waals surface area contributed by atoms with Gasteiger partial charge in [-0.1, -0.05) is 200 Å². The summed E-state index contributed by atoms with van der Waals surface area (Å²) in [4.78, 5) is 2.36. The quantitative estimate of drug-likeness (QED) is 0.150. The van der Waals surface area contributed by atoms with Gasteiger partial charge in [-0.05, 0) is 120 Å². The third kappa shape index (κ3) is 7.80. The highest BCUT2D eigenvalue weighted by molar-refractivity contribution is 5.83. The molecular formula is C57H43N. The van der Waals surface area contributed by atoms with Gasteiger partial charge < -0.3 is 4.90 Å². The first-order chi connectivity index (χ1) is 28.7. The van der Waals surface area contributed by atoms with Crippen molar-refractivity contribution in [1.82, 2.24) is 0 Å². The van der Waals surface area contributed by atoms with Crippen molar-refractivity contribution in [2.75, 3.05) is 4.90 Å². The van der Waals surface area contributed by atoms with Gasteiger partial charge in [-0.3, -0.25) is 0 Å². The molecule has 0 radical (unpaired) electrons. The Balaban J connectivity index is 1.07. The van der Waals surface area contributed by atoms with Crippen molar-refractivity contribution in [1.29, 1.82) is 0 Å². The molecule has 0 heterocycles. The predicted molar refractivity (Wildman–Crippen MR) is 246 cm³/mol. The second-order valence-corrected chi connectivity index (χ2v) is 14.5. The van der Waals surface area contributed by atoms with Crippen LogP contribution in [0.5, 0.6) is 0 Å². The minimum absolute atomic E-state index is 1.10. The van der Waals surface area contributed by atoms with Gasteiger partial charge in [0.1, 0.15) is 0 Å². The van der Waals surface area contributed by atoms with E-state index < -0.39 is 0 Å². The SMILES string of the molecule is C/C=c1/cccc/c1=c1\cccc\c1=C/c1ccc(-c2cccc(N(c3ccc(-c4ccc(-c5ccccc5)cc4)cc3)c3cccc(-c4ccccc4)c3)c2)cc1. The minimum Gasteiger partial charge on any atom is -0.310 e. The second kappa shape index (κ2) is 16.7. The van der Waals surface area contributed by atoms with Gasteiger partial charge in [0.15, 0.2) is 0 Å². The van der Waals surface area contributed by atoms with Crippen LogP contribution in [0.1, 0.15) is 12.5 Å². The summed E-state index contributed by atoms with van der Waals surface area (Å²) in [5.74, 6) is 0. The fourth-order valence-electron chi connectivity index (χ4n) is 7.83. The smallest absolute Gasteiger partial charge is 0.0467 e. The van der Waals surface area contributed by atoms with Crippen LogP contribution in [0.3, 0.4) is 0 Å². The highest BCUT2D eigenvalue weighted by Crippen LogP contribution is 2.39. The summed E-state index contributed by atoms with van der Waals surface area (Å²) in [6.45, 7) is 2.10. The van der Waals surface area contributed by atoms with Gasteiger partial charge in [0.2, 0.25) is 0 Å². The second-order valence-electron chi connectivity index (χ2n) is 14.5. The van der Waals surface area contributed by atoms with Gasteiger partial charge in [-0.25, -0.2) is 0 Å². The molecule has 0 saturated carbocycles. The molecule has 0 fully saturated rings. The Morgan fingerprint density at radius 1 is 0.293 bits per heavy atom. The molecule has 0 amide bonds. The Bertz CT molecular complexity index is 3020. The average molecular weight is 742 g/mol. The lowest BCUT2D eigenvalue weighted by Crippen LogP contribution is -2.10. The summed E-state index contributed by atoms with van der Waals surface area (Å²) in [6.07, 6.45) is 4.46. The Labute approximate surface area is 341 Å². The molecule has 0 bridgehead atoms. The highest BCUT2D eigenvalue weighted by Gasteiger charge is 2.15. The monoisotopic (exact) mass is 741 g/mol. The predicted octanol–water partition coefficient (Wildman–Crippen LogP) is 13.7. The van der Waals surface area contributed by atoms with E-state index in [2.05, 4.69) is 254 Å². The van der Waals surface area contributed by atoms with Crippen molar-refractivity contribution in [2.45, 2.75) is 6.92 Å². The lowest BCUT2D eigenvalue weighted by Gasteiger charge is -2.27. The third-order valence-electron chi connectivity index (χ3n) is 10.9. The summed E-state index contributed by atoms with van der Waals surface area (Å²) in [5.41, 5.74) is 14.0. The molecule has 0 unspecified atom stereocenters. The van der Waals surface area contributed by atoms with Gasteiger partial charge in [0.05, 0.1) is 0 Å². The summed E-state index contributed by atoms with van der Waals surface area (Å²) in [7, 11) is 0. The van der Waals surface area contributed by atoms with Gasteiger partial charge >= 0.3 is 0 Å². The number of benzene rings is 9. The minimum atomic E-state index is 1.10. The number of anilines is 3. The lowest BCUT2D eigenvalue weighted by molar-refractivity contribution is 1.28. The third-order valence-corrected chi connectivity index (χ3v) is 10.9. The van der Waals surface area contributed by atoms with Gasteiger partial charge in [-0.15, -0.1) is 0 Å². The summed E-state index contributed by atoms with van der Waals surface area (Å²) in [5, 5.41) is 4.92. The summed E-state index contributed by atoms with van der Waals surface area (Å²) < 4.78 is 0. The highest BCUT2D eigenvalue weighted by atomic mass is 15.1. The largest absolute Gasteiger partial charge is 0.310 e. The first kappa shape index (κ1) is 36.2. The van der Waals surface area contributed by atoms with Crippen molar-refractivity contribution < 1.29 is 0 Å². The van der Waals surface area contributed by atoms with Crippen LogP contribution in [0.25, 0.3) is 56.7 Å². The van der Waals surface area contributed by atoms with Crippen molar-refractivity contribution in [3.63, 3.8) is 0 Å². The number of rotatable bonds is 8. The van der Waals surface area contributed by atoms with Crippen LogP contribution >= 0.6 is 0 Å². The summed E-state index contributed by atoms with van der Waals surface area (Å²) in [6, 6.07) is 82.8. The van der Waals surface area contributed by atoms with Crippen LogP contribution in [0, 0.1) is 10.4 Å². The van der Waals surface area contributed by atoms with E-state index in [0.29, 0.717) is 0 Å². The number of hydrogen-bond acceptors (Lipinski definition) is 1. The molecule has 0 N–H and O–H groups in total. The molecule has 9 aromatic rings. The first-order valence-electron chi connectivity index (χ1n) is 19.9. The zero-order chi connectivity index (χ0) is 39.1. The fourth-order valence-corrected chi connectivity index (χ4v) is 7.83. The Hall–Kier alpha value is -7.48. The standard InChI is InChI=1S/C57H43N/c1-2-43-15-9-11-25-56(43)57-26-12-10-20-52(57)39-42-27-29-49(30-28-42)51-22-14-24-55(41-51)58(54-23-13-21-50(40-54)45-18-7-4-8-19-45)53-37-35-48(36-38-53)47-33-31-46(32-34-47)44-16-5-3-6-17-44/h2-41H,1H3/b43-2-,52-39+,57-56-. The molecule has 1 nitrogen and oxygen atoms in total. The van der Waals surface area contributed by atoms with Crippen molar-refractivity contribution in [3.8, 4) is 44.5 Å². The summed E-state index contributed by atoms with van der Waals surface area (Å²) >= 11 is 0. The molecule has 0 aliphatic carbocycles. The zero-order valence-electron chi connectivity index (χ0n) is 32.5. The maximum absolute atomic E-state index is 2.36. The van der Waals surface area contributed by atoms with Crippen molar-refractivity contribution in [2.24, 2.45) is 0 Å². The fraction of sp³-hybridized carbons (Fsp3) is 0.0175. The Morgan fingerprint density at radius 2 is 0.672 bits per heavy atom. The lowest BCUT2D eigenvalue weighted by atomic mass is 9.99. The van der Waals surface area contributed by atoms with E-state index in [-0.39, 0.29) is 0 Å². The zero-order valence-corrected chi connectivity index (χ0v) is 32.5. The molecule has 0 aliphatic rings. The molecule has 0 spiro atoms. The molecule has 0 atom stereocenters. The van der Waals surface area contributed by atoms with E-state index in [4.69, 9.17) is 0 Å². The van der Waals surface area contributed by atoms with Crippen LogP contribution in [0.15, 0.2) is 231 Å². The van der Waals surface area contributed by atoms with Crippen LogP contribution in [-0.4, -0.2) is 0 Å². The topological polar surface area (TPSA) is 3.24 Å².